The number of rotatable bonds is 12. The number of fused-ring (bicyclic) bond motifs is 1. The van der Waals surface area contributed by atoms with Crippen LogP contribution in [0.1, 0.15) is 84.6 Å². The van der Waals surface area contributed by atoms with E-state index in [2.05, 4.69) is 25.8 Å². The fourth-order valence-electron chi connectivity index (χ4n) is 6.02. The maximum Gasteiger partial charge on any atom is 0.410 e. The predicted octanol–water partition coefficient (Wildman–Crippen LogP) is 4.51. The van der Waals surface area contributed by atoms with E-state index in [1.165, 1.54) is 12.0 Å². The van der Waals surface area contributed by atoms with Gasteiger partial charge in [0.2, 0.25) is 23.6 Å². The van der Waals surface area contributed by atoms with Crippen LogP contribution in [0.2, 0.25) is 0 Å². The number of ether oxygens (including phenoxy) is 2. The average molecular weight is 635 g/mol. The first kappa shape index (κ1) is 32.8. The lowest BCUT2D eigenvalue weighted by molar-refractivity contribution is -0.130. The van der Waals surface area contributed by atoms with Gasteiger partial charge in [-0.1, -0.05) is 38.0 Å². The fourth-order valence-corrected chi connectivity index (χ4v) is 6.02. The van der Waals surface area contributed by atoms with Crippen LogP contribution in [0.25, 0.3) is 22.4 Å². The van der Waals surface area contributed by atoms with Crippen molar-refractivity contribution in [3.05, 3.63) is 36.2 Å². The molecule has 1 spiro atoms. The summed E-state index contributed by atoms with van der Waals surface area (Å²) in [5.74, 6) is 0.279. The molecular weight excluding hydrogens is 592 g/mol. The molecule has 1 aromatic carbocycles. The highest BCUT2D eigenvalue weighted by molar-refractivity contribution is 5.93. The van der Waals surface area contributed by atoms with Gasteiger partial charge in [-0.05, 0) is 45.7 Å². The zero-order valence-electron chi connectivity index (χ0n) is 27.1. The van der Waals surface area contributed by atoms with Crippen LogP contribution in [-0.2, 0) is 19.1 Å². The van der Waals surface area contributed by atoms with Crippen LogP contribution in [0.5, 0.6) is 5.88 Å². The number of likely N-dealkylation sites (tertiary alicyclic amines) is 1. The van der Waals surface area contributed by atoms with E-state index in [1.807, 2.05) is 37.3 Å². The molecule has 3 amide bonds. The molecule has 4 heterocycles. The molecule has 0 bridgehead atoms. The summed E-state index contributed by atoms with van der Waals surface area (Å²) in [5, 5.41) is 15.3. The third kappa shape index (κ3) is 7.29. The monoisotopic (exact) mass is 634 g/mol. The Balaban J connectivity index is 1.34. The lowest BCUT2D eigenvalue weighted by Gasteiger charge is -2.49. The summed E-state index contributed by atoms with van der Waals surface area (Å²) in [7, 11) is 1.51. The van der Waals surface area contributed by atoms with Gasteiger partial charge in [0.05, 0.1) is 12.6 Å². The van der Waals surface area contributed by atoms with Gasteiger partial charge in [0.15, 0.2) is 0 Å². The molecule has 0 aliphatic carbocycles. The van der Waals surface area contributed by atoms with Crippen LogP contribution < -0.4 is 15.4 Å². The SMILES string of the molecule is CCC(=O)CCCCC[C@H](NC(=O)C1NC(=O)CC12CN(C(=O)OC(C)(C)C)C2)c1nnc(-c2cc3ccccc3nc2OC)o1. The number of aromatic nitrogens is 3. The predicted molar refractivity (Wildman–Crippen MR) is 168 cm³/mol. The summed E-state index contributed by atoms with van der Waals surface area (Å²) in [6, 6.07) is 7.95. The summed E-state index contributed by atoms with van der Waals surface area (Å²) in [5.41, 5.74) is -0.134. The fraction of sp³-hybridized carbons (Fsp3) is 0.545. The summed E-state index contributed by atoms with van der Waals surface area (Å²) < 4.78 is 17.1. The van der Waals surface area contributed by atoms with Gasteiger partial charge >= 0.3 is 6.09 Å². The van der Waals surface area contributed by atoms with E-state index in [9.17, 15) is 19.2 Å². The normalized spacial score (nSPS) is 17.8. The molecule has 2 aliphatic heterocycles. The second-order valence-corrected chi connectivity index (χ2v) is 13.1. The van der Waals surface area contributed by atoms with Crippen LogP contribution in [0, 0.1) is 5.41 Å². The zero-order chi connectivity index (χ0) is 33.1. The number of unbranched alkanes of at least 4 members (excludes halogenated alkanes) is 2. The minimum atomic E-state index is -0.851. The third-order valence-corrected chi connectivity index (χ3v) is 8.37. The third-order valence-electron chi connectivity index (χ3n) is 8.37. The molecule has 0 radical (unpaired) electrons. The van der Waals surface area contributed by atoms with E-state index in [0.29, 0.717) is 37.1 Å². The van der Waals surface area contributed by atoms with Crippen LogP contribution in [0.3, 0.4) is 0 Å². The first-order valence-corrected chi connectivity index (χ1v) is 15.8. The number of para-hydroxylation sites is 1. The Morgan fingerprint density at radius 1 is 1.15 bits per heavy atom. The van der Waals surface area contributed by atoms with E-state index in [0.717, 1.165) is 23.7 Å². The number of Topliss-reactive ketones (excluding diaryl/α,β-unsaturated/α-hetero) is 1. The minimum absolute atomic E-state index is 0.125. The number of pyridine rings is 1. The number of amides is 3. The average Bonchev–Trinajstić information content (AvgIpc) is 3.63. The summed E-state index contributed by atoms with van der Waals surface area (Å²) in [6.07, 6.45) is 3.34. The van der Waals surface area contributed by atoms with Gasteiger partial charge in [-0.15, -0.1) is 10.2 Å². The molecule has 2 aliphatic rings. The quantitative estimate of drug-likeness (QED) is 0.271. The van der Waals surface area contributed by atoms with Gasteiger partial charge in [-0.3, -0.25) is 14.4 Å². The Morgan fingerprint density at radius 3 is 2.63 bits per heavy atom. The molecule has 46 heavy (non-hydrogen) atoms. The molecule has 2 N–H and O–H groups in total. The summed E-state index contributed by atoms with van der Waals surface area (Å²) in [6.45, 7) is 7.64. The highest BCUT2D eigenvalue weighted by atomic mass is 16.6. The highest BCUT2D eigenvalue weighted by Gasteiger charge is 2.59. The van der Waals surface area contributed by atoms with Gasteiger partial charge in [0.25, 0.3) is 5.89 Å². The Labute approximate surface area is 267 Å². The van der Waals surface area contributed by atoms with Crippen molar-refractivity contribution in [1.82, 2.24) is 30.7 Å². The van der Waals surface area contributed by atoms with Crippen LogP contribution in [0.4, 0.5) is 4.79 Å². The minimum Gasteiger partial charge on any atom is -0.480 e. The Kier molecular flexibility index (Phi) is 9.59. The number of benzene rings is 1. The molecule has 0 saturated carbocycles. The lowest BCUT2D eigenvalue weighted by atomic mass is 9.73. The van der Waals surface area contributed by atoms with Crippen molar-refractivity contribution >= 4 is 34.6 Å². The molecule has 2 aromatic heterocycles. The van der Waals surface area contributed by atoms with Crippen molar-refractivity contribution in [2.24, 2.45) is 5.41 Å². The number of carbonyl (C=O) groups excluding carboxylic acids is 4. The molecule has 246 valence electrons. The number of hydrogen-bond donors (Lipinski definition) is 2. The maximum atomic E-state index is 13.8. The van der Waals surface area contributed by atoms with Crippen LogP contribution in [0.15, 0.2) is 34.7 Å². The number of hydrogen-bond acceptors (Lipinski definition) is 10. The second kappa shape index (κ2) is 13.4. The van der Waals surface area contributed by atoms with E-state index in [-0.39, 0.29) is 43.0 Å². The summed E-state index contributed by atoms with van der Waals surface area (Å²) in [4.78, 5) is 56.8. The van der Waals surface area contributed by atoms with Crippen molar-refractivity contribution in [3.63, 3.8) is 0 Å². The Morgan fingerprint density at radius 2 is 1.91 bits per heavy atom. The molecule has 2 saturated heterocycles. The van der Waals surface area contributed by atoms with Crippen LogP contribution in [-0.4, -0.2) is 75.6 Å². The molecule has 2 atom stereocenters. The lowest BCUT2D eigenvalue weighted by Crippen LogP contribution is -2.66. The number of nitrogens with zero attached hydrogens (tertiary/aromatic N) is 4. The number of methoxy groups -OCH3 is 1. The maximum absolute atomic E-state index is 13.8. The van der Waals surface area contributed by atoms with E-state index < -0.39 is 35.1 Å². The summed E-state index contributed by atoms with van der Waals surface area (Å²) >= 11 is 0. The van der Waals surface area contributed by atoms with E-state index in [1.54, 1.807) is 20.8 Å². The van der Waals surface area contributed by atoms with Crippen molar-refractivity contribution in [2.45, 2.75) is 90.3 Å². The first-order chi connectivity index (χ1) is 21.9. The highest BCUT2D eigenvalue weighted by Crippen LogP contribution is 2.42. The van der Waals surface area contributed by atoms with Gasteiger partial charge in [0.1, 0.15) is 29.0 Å². The van der Waals surface area contributed by atoms with Crippen molar-refractivity contribution in [2.75, 3.05) is 20.2 Å². The number of nitrogens with one attached hydrogen (secondary N) is 2. The van der Waals surface area contributed by atoms with E-state index >= 15 is 0 Å². The standard InChI is InChI=1S/C33H42N6O7/c1-6-21(40)13-8-7-9-15-24(30-38-37-29(45-30)22-16-20-12-10-11-14-23(20)35-28(22)44-5)34-27(42)26-33(17-25(41)36-26)18-39(19-33)31(43)46-32(2,3)4/h10-12,14,16,24,26H,6-9,13,15,17-19H2,1-5H3,(H,34,42)(H,36,41)/t24-,26?/m0/s1. The van der Waals surface area contributed by atoms with Crippen molar-refractivity contribution in [3.8, 4) is 17.3 Å². The molecule has 1 unspecified atom stereocenters. The number of ketones is 1. The Bertz CT molecular complexity index is 1610. The van der Waals surface area contributed by atoms with Gasteiger partial charge in [-0.2, -0.15) is 0 Å². The molecule has 13 heteroatoms. The second-order valence-electron chi connectivity index (χ2n) is 13.1. The molecule has 13 nitrogen and oxygen atoms in total. The van der Waals surface area contributed by atoms with Gasteiger partial charge in [0, 0.05) is 43.2 Å². The van der Waals surface area contributed by atoms with E-state index in [4.69, 9.17) is 13.9 Å². The topological polar surface area (TPSA) is 166 Å². The Hall–Kier alpha value is -4.55. The first-order valence-electron chi connectivity index (χ1n) is 15.8. The van der Waals surface area contributed by atoms with Crippen molar-refractivity contribution in [1.29, 1.82) is 0 Å². The largest absolute Gasteiger partial charge is 0.480 e. The van der Waals surface area contributed by atoms with Gasteiger partial charge in [-0.25, -0.2) is 9.78 Å². The van der Waals surface area contributed by atoms with Gasteiger partial charge < -0.3 is 29.4 Å². The number of carbonyl (C=O) groups is 4. The zero-order valence-corrected chi connectivity index (χ0v) is 27.1. The van der Waals surface area contributed by atoms with Crippen molar-refractivity contribution < 1.29 is 33.1 Å². The van der Waals surface area contributed by atoms with Crippen LogP contribution >= 0.6 is 0 Å². The molecule has 3 aromatic rings. The molecule has 5 rings (SSSR count). The smallest absolute Gasteiger partial charge is 0.410 e. The molecular formula is C33H42N6O7. The molecule has 2 fully saturated rings.